The van der Waals surface area contributed by atoms with Crippen LogP contribution >= 0.6 is 0 Å². The summed E-state index contributed by atoms with van der Waals surface area (Å²) in [5.41, 5.74) is 1.06. The molecule has 0 unspecified atom stereocenters. The topological polar surface area (TPSA) is 78.5 Å². The van der Waals surface area contributed by atoms with Crippen molar-refractivity contribution >= 4 is 21.6 Å². The zero-order chi connectivity index (χ0) is 33.0. The van der Waals surface area contributed by atoms with Gasteiger partial charge in [0.15, 0.2) is 0 Å². The second-order valence-corrected chi connectivity index (χ2v) is 13.5. The highest BCUT2D eigenvalue weighted by Gasteiger charge is 2.38. The van der Waals surface area contributed by atoms with Crippen LogP contribution in [-0.4, -0.2) is 43.8 Å². The van der Waals surface area contributed by atoms with Crippen molar-refractivity contribution < 1.29 is 30.8 Å². The number of carbonyl (C=O) groups is 1. The number of nitrogens with one attached hydrogen (secondary N) is 2. The lowest BCUT2D eigenvalue weighted by Gasteiger charge is -2.40. The number of nitrogens with zero attached hydrogens (tertiary/aromatic N) is 1. The Bertz CT molecular complexity index is 1770. The van der Waals surface area contributed by atoms with Crippen molar-refractivity contribution in [2.45, 2.75) is 49.6 Å². The molecular weight excluding hydrogens is 618 g/mol. The summed E-state index contributed by atoms with van der Waals surface area (Å²) in [6.07, 6.45) is 0.385. The van der Waals surface area contributed by atoms with Crippen LogP contribution in [0.25, 0.3) is 0 Å². The minimum absolute atomic E-state index is 0.118. The normalized spacial score (nSPS) is 18.6. The summed E-state index contributed by atoms with van der Waals surface area (Å²) >= 11 is 0. The third kappa shape index (κ3) is 7.32. The molecule has 1 aliphatic rings. The minimum Gasteiger partial charge on any atom is -0.325 e. The fraction of sp³-hybridized carbons (Fsp3) is 0.286. The van der Waals surface area contributed by atoms with Crippen LogP contribution in [0.5, 0.6) is 0 Å². The molecule has 4 aromatic carbocycles. The van der Waals surface area contributed by atoms with Gasteiger partial charge in [-0.1, -0.05) is 43.3 Å². The third-order valence-corrected chi connectivity index (χ3v) is 10.5. The van der Waals surface area contributed by atoms with Gasteiger partial charge in [-0.15, -0.1) is 0 Å². The third-order valence-electron chi connectivity index (χ3n) is 8.42. The first-order chi connectivity index (χ1) is 22.0. The highest BCUT2D eigenvalue weighted by Crippen LogP contribution is 2.35. The molecule has 0 radical (unpaired) electrons. The van der Waals surface area contributed by atoms with Crippen LogP contribution in [0.1, 0.15) is 42.9 Å². The van der Waals surface area contributed by atoms with E-state index in [9.17, 15) is 26.4 Å². The molecular formula is C35H35F4N3O3S. The van der Waals surface area contributed by atoms with Gasteiger partial charge in [-0.3, -0.25) is 4.79 Å². The molecule has 11 heteroatoms. The fourth-order valence-electron chi connectivity index (χ4n) is 6.21. The van der Waals surface area contributed by atoms with Crippen LogP contribution in [0.2, 0.25) is 0 Å². The maximum Gasteiger partial charge on any atom is 0.243 e. The molecule has 4 atom stereocenters. The maximum absolute atomic E-state index is 15.3. The minimum atomic E-state index is -3.83. The maximum atomic E-state index is 15.3. The van der Waals surface area contributed by atoms with E-state index in [0.29, 0.717) is 18.7 Å². The summed E-state index contributed by atoms with van der Waals surface area (Å²) in [6.45, 7) is 4.23. The van der Waals surface area contributed by atoms with E-state index >= 15 is 4.39 Å². The molecule has 1 saturated heterocycles. The molecule has 0 aliphatic carbocycles. The number of halogens is 4. The molecule has 4 aromatic rings. The van der Waals surface area contributed by atoms with Crippen LogP contribution in [0.3, 0.4) is 0 Å². The largest absolute Gasteiger partial charge is 0.325 e. The van der Waals surface area contributed by atoms with Crippen LogP contribution < -0.4 is 10.6 Å². The lowest BCUT2D eigenvalue weighted by molar-refractivity contribution is -0.119. The molecule has 46 heavy (non-hydrogen) atoms. The summed E-state index contributed by atoms with van der Waals surface area (Å²) in [6, 6.07) is 19.9. The van der Waals surface area contributed by atoms with Crippen molar-refractivity contribution in [3.05, 3.63) is 131 Å². The van der Waals surface area contributed by atoms with Gasteiger partial charge >= 0.3 is 0 Å². The number of sulfonamides is 1. The Balaban J connectivity index is 1.39. The highest BCUT2D eigenvalue weighted by atomic mass is 32.2. The first-order valence-electron chi connectivity index (χ1n) is 15.0. The van der Waals surface area contributed by atoms with Gasteiger partial charge in [0.25, 0.3) is 0 Å². The summed E-state index contributed by atoms with van der Waals surface area (Å²) in [5.74, 6) is -5.04. The predicted octanol–water partition coefficient (Wildman–Crippen LogP) is 6.63. The molecule has 1 aliphatic heterocycles. The quantitative estimate of drug-likeness (QED) is 0.188. The van der Waals surface area contributed by atoms with Crippen LogP contribution in [0, 0.1) is 29.2 Å². The van der Waals surface area contributed by atoms with Gasteiger partial charge in [-0.05, 0) is 79.4 Å². The number of piperazine rings is 1. The van der Waals surface area contributed by atoms with Gasteiger partial charge in [0.1, 0.15) is 23.3 Å². The van der Waals surface area contributed by atoms with Crippen LogP contribution in [-0.2, 0) is 21.2 Å². The summed E-state index contributed by atoms with van der Waals surface area (Å²) in [5, 5.41) is 6.05. The molecule has 0 saturated carbocycles. The number of benzene rings is 4. The Morgan fingerprint density at radius 2 is 1.54 bits per heavy atom. The number of hydrogen-bond acceptors (Lipinski definition) is 4. The monoisotopic (exact) mass is 653 g/mol. The Morgan fingerprint density at radius 3 is 2.22 bits per heavy atom. The van der Waals surface area contributed by atoms with E-state index in [-0.39, 0.29) is 40.6 Å². The smallest absolute Gasteiger partial charge is 0.243 e. The Labute approximate surface area is 266 Å². The van der Waals surface area contributed by atoms with Crippen molar-refractivity contribution in [2.75, 3.05) is 18.4 Å². The number of hydrogen-bond donors (Lipinski definition) is 2. The van der Waals surface area contributed by atoms with Gasteiger partial charge in [-0.2, -0.15) is 4.31 Å². The molecule has 0 aromatic heterocycles. The molecule has 1 heterocycles. The Morgan fingerprint density at radius 1 is 0.870 bits per heavy atom. The predicted molar refractivity (Wildman–Crippen MR) is 169 cm³/mol. The number of amides is 1. The molecule has 6 nitrogen and oxygen atoms in total. The molecule has 5 rings (SSSR count). The van der Waals surface area contributed by atoms with E-state index in [1.165, 1.54) is 40.7 Å². The molecule has 0 bridgehead atoms. The van der Waals surface area contributed by atoms with E-state index in [2.05, 4.69) is 10.6 Å². The van der Waals surface area contributed by atoms with Crippen molar-refractivity contribution in [1.82, 2.24) is 9.62 Å². The average molecular weight is 654 g/mol. The van der Waals surface area contributed by atoms with Gasteiger partial charge in [0, 0.05) is 54.3 Å². The SMILES string of the molecule is C[C@H](C(=O)Nc1cccc(F)c1CC[C@H]1CNC[C@H](C)N1S(=O)(=O)c1ccccc1)[C@@H](c1ccc(F)cc1)c1cc(F)cc(F)c1. The molecule has 1 fully saturated rings. The van der Waals surface area contributed by atoms with Crippen molar-refractivity contribution in [3.8, 4) is 0 Å². The fourth-order valence-corrected chi connectivity index (χ4v) is 8.07. The summed E-state index contributed by atoms with van der Waals surface area (Å²) < 4.78 is 86.3. The van der Waals surface area contributed by atoms with Gasteiger partial charge in [0.2, 0.25) is 15.9 Å². The zero-order valence-electron chi connectivity index (χ0n) is 25.4. The number of anilines is 1. The van der Waals surface area contributed by atoms with Gasteiger partial charge < -0.3 is 10.6 Å². The molecule has 0 spiro atoms. The second-order valence-electron chi connectivity index (χ2n) is 11.6. The zero-order valence-corrected chi connectivity index (χ0v) is 26.2. The van der Waals surface area contributed by atoms with E-state index in [4.69, 9.17) is 0 Å². The second kappa shape index (κ2) is 14.1. The van der Waals surface area contributed by atoms with E-state index < -0.39 is 57.1 Å². The lowest BCUT2D eigenvalue weighted by Crippen LogP contribution is -2.58. The molecule has 1 amide bonds. The molecule has 242 valence electrons. The summed E-state index contributed by atoms with van der Waals surface area (Å²) in [4.78, 5) is 13.9. The highest BCUT2D eigenvalue weighted by molar-refractivity contribution is 7.89. The standard InChI is InChI=1S/C35H35F4N3O3S/c1-22-20-40-21-29(42(22)46(44,45)30-7-4-3-5-8-30)15-16-31-32(39)9-6-10-33(31)41-35(43)23(2)34(24-11-13-26(36)14-12-24)25-17-27(37)19-28(38)18-25/h3-14,17-19,22-23,29,34,40H,15-16,20-21H2,1-2H3,(H,41,43)/t22-,23-,29-,34-/m0/s1. The van der Waals surface area contributed by atoms with E-state index in [1.807, 2.05) is 6.92 Å². The summed E-state index contributed by atoms with van der Waals surface area (Å²) in [7, 11) is -3.83. The van der Waals surface area contributed by atoms with Crippen molar-refractivity contribution in [2.24, 2.45) is 5.92 Å². The molecule has 2 N–H and O–H groups in total. The Kier molecular flexibility index (Phi) is 10.2. The lowest BCUT2D eigenvalue weighted by atomic mass is 9.81. The van der Waals surface area contributed by atoms with E-state index in [0.717, 1.165) is 18.2 Å². The van der Waals surface area contributed by atoms with Crippen LogP contribution in [0.4, 0.5) is 23.2 Å². The first-order valence-corrected chi connectivity index (χ1v) is 16.5. The van der Waals surface area contributed by atoms with E-state index in [1.54, 1.807) is 43.3 Å². The van der Waals surface area contributed by atoms with Gasteiger partial charge in [-0.25, -0.2) is 26.0 Å². The van der Waals surface area contributed by atoms with Crippen LogP contribution in [0.15, 0.2) is 95.9 Å². The van der Waals surface area contributed by atoms with Crippen molar-refractivity contribution in [3.63, 3.8) is 0 Å². The average Bonchev–Trinajstić information content (AvgIpc) is 3.01. The van der Waals surface area contributed by atoms with Gasteiger partial charge in [0.05, 0.1) is 4.90 Å². The number of rotatable bonds is 10. The first kappa shape index (κ1) is 33.3. The Hall–Kier alpha value is -4.06. The van der Waals surface area contributed by atoms with Crippen molar-refractivity contribution in [1.29, 1.82) is 0 Å². The number of carbonyl (C=O) groups excluding carboxylic acids is 1.